The summed E-state index contributed by atoms with van der Waals surface area (Å²) in [5, 5.41) is 0. The molecule has 3 N–H and O–H groups in total. The summed E-state index contributed by atoms with van der Waals surface area (Å²) in [6.07, 6.45) is 65.1. The number of unbranched alkanes of at least 4 members (excludes halogenated alkanes) is 32. The fourth-order valence-corrected chi connectivity index (χ4v) is 8.89. The number of hydrogen-bond acceptors (Lipinski definition) is 8. The van der Waals surface area contributed by atoms with Gasteiger partial charge in [-0.3, -0.25) is 18.6 Å². The highest BCUT2D eigenvalue weighted by atomic mass is 31.2. The van der Waals surface area contributed by atoms with E-state index in [9.17, 15) is 19.0 Å². The van der Waals surface area contributed by atoms with Crippen LogP contribution in [0.4, 0.5) is 0 Å². The second-order valence-electron chi connectivity index (χ2n) is 18.8. The van der Waals surface area contributed by atoms with E-state index >= 15 is 0 Å². The highest BCUT2D eigenvalue weighted by Gasteiger charge is 2.26. The molecule has 0 radical (unpaired) electrons. The molecule has 10 heteroatoms. The number of ether oxygens (including phenoxy) is 2. The van der Waals surface area contributed by atoms with Crippen LogP contribution in [0.1, 0.15) is 271 Å². The summed E-state index contributed by atoms with van der Waals surface area (Å²) in [7, 11) is -4.40. The molecule has 0 aromatic rings. The van der Waals surface area contributed by atoms with E-state index in [0.717, 1.165) is 44.9 Å². The zero-order chi connectivity index (χ0) is 48.8. The number of rotatable bonds is 53. The largest absolute Gasteiger partial charge is 0.472 e. The molecular formula is C57H106NO8P. The van der Waals surface area contributed by atoms with Gasteiger partial charge in [-0.15, -0.1) is 0 Å². The van der Waals surface area contributed by atoms with E-state index in [1.807, 2.05) is 12.2 Å². The molecule has 0 heterocycles. The highest BCUT2D eigenvalue weighted by Crippen LogP contribution is 2.43. The van der Waals surface area contributed by atoms with Crippen molar-refractivity contribution >= 4 is 19.8 Å². The average molecular weight is 964 g/mol. The van der Waals surface area contributed by atoms with Gasteiger partial charge in [0.1, 0.15) is 6.61 Å². The number of phosphoric ester groups is 1. The maximum Gasteiger partial charge on any atom is 0.472 e. The molecule has 0 aliphatic rings. The Morgan fingerprint density at radius 3 is 1.19 bits per heavy atom. The van der Waals surface area contributed by atoms with Gasteiger partial charge in [0.25, 0.3) is 0 Å². The van der Waals surface area contributed by atoms with Crippen LogP contribution in [0.2, 0.25) is 0 Å². The van der Waals surface area contributed by atoms with Crippen molar-refractivity contribution in [1.82, 2.24) is 0 Å². The zero-order valence-corrected chi connectivity index (χ0v) is 44.5. The van der Waals surface area contributed by atoms with Crippen LogP contribution < -0.4 is 5.73 Å². The van der Waals surface area contributed by atoms with Crippen molar-refractivity contribution in [3.63, 3.8) is 0 Å². The topological polar surface area (TPSA) is 134 Å². The monoisotopic (exact) mass is 964 g/mol. The molecule has 0 aromatic heterocycles. The Labute approximate surface area is 413 Å². The smallest absolute Gasteiger partial charge is 0.462 e. The molecule has 0 bridgehead atoms. The molecule has 9 nitrogen and oxygen atoms in total. The van der Waals surface area contributed by atoms with Crippen molar-refractivity contribution in [3.05, 3.63) is 48.6 Å². The Bertz CT molecular complexity index is 1240. The van der Waals surface area contributed by atoms with E-state index in [1.165, 1.54) is 193 Å². The lowest BCUT2D eigenvalue weighted by atomic mass is 10.0. The van der Waals surface area contributed by atoms with Gasteiger partial charge < -0.3 is 20.1 Å². The normalized spacial score (nSPS) is 13.4. The number of carbonyl (C=O) groups excluding carboxylic acids is 2. The first-order valence-corrected chi connectivity index (χ1v) is 29.6. The van der Waals surface area contributed by atoms with Gasteiger partial charge in [-0.25, -0.2) is 4.57 Å². The third-order valence-corrected chi connectivity index (χ3v) is 13.2. The predicted molar refractivity (Wildman–Crippen MR) is 284 cm³/mol. The second kappa shape index (κ2) is 53.3. The summed E-state index contributed by atoms with van der Waals surface area (Å²) in [6, 6.07) is 0. The summed E-state index contributed by atoms with van der Waals surface area (Å²) < 4.78 is 32.8. The first kappa shape index (κ1) is 65.0. The van der Waals surface area contributed by atoms with Crippen molar-refractivity contribution in [2.45, 2.75) is 277 Å². The van der Waals surface area contributed by atoms with Crippen LogP contribution in [0.5, 0.6) is 0 Å². The Hall–Kier alpha value is -2.03. The van der Waals surface area contributed by atoms with Crippen molar-refractivity contribution in [2.24, 2.45) is 5.73 Å². The van der Waals surface area contributed by atoms with Gasteiger partial charge in [0, 0.05) is 19.4 Å². The minimum atomic E-state index is -4.40. The quantitative estimate of drug-likeness (QED) is 0.0264. The van der Waals surface area contributed by atoms with Gasteiger partial charge >= 0.3 is 19.8 Å². The molecule has 0 saturated carbocycles. The van der Waals surface area contributed by atoms with Crippen LogP contribution >= 0.6 is 7.82 Å². The van der Waals surface area contributed by atoms with Crippen LogP contribution in [0, 0.1) is 0 Å². The fourth-order valence-electron chi connectivity index (χ4n) is 8.12. The summed E-state index contributed by atoms with van der Waals surface area (Å²) in [6.45, 7) is 3.57. The molecule has 2 atom stereocenters. The molecule has 0 amide bonds. The zero-order valence-electron chi connectivity index (χ0n) is 43.6. The molecule has 0 aliphatic heterocycles. The van der Waals surface area contributed by atoms with Crippen LogP contribution in [-0.2, 0) is 32.7 Å². The summed E-state index contributed by atoms with van der Waals surface area (Å²) >= 11 is 0. The number of phosphoric acid groups is 1. The van der Waals surface area contributed by atoms with E-state index in [0.29, 0.717) is 6.42 Å². The lowest BCUT2D eigenvalue weighted by Gasteiger charge is -2.19. The number of hydrogen-bond donors (Lipinski definition) is 2. The molecule has 0 aliphatic carbocycles. The fraction of sp³-hybridized carbons (Fsp3) is 0.825. The molecule has 0 saturated heterocycles. The van der Waals surface area contributed by atoms with E-state index in [2.05, 4.69) is 50.3 Å². The SMILES string of the molecule is CC/C=C\C/C=C\C/C=C\C/C=C\CCC(=O)OC(COC(=O)CCCCCCCCCCCCCCCCCCCCCCCCCCCCCCCCCCC)COP(=O)(O)OCCN. The van der Waals surface area contributed by atoms with Crippen LogP contribution in [-0.4, -0.2) is 49.3 Å². The number of esters is 2. The standard InChI is InChI=1S/C57H106NO8P/c1-3-5-7-9-11-13-15-17-18-19-20-21-22-23-24-25-26-27-28-29-30-31-32-33-34-35-36-38-39-41-43-45-47-49-56(59)63-53-55(54-65-67(61,62)64-52-51-58)66-57(60)50-48-46-44-42-40-37-16-14-12-10-8-6-4-2/h6,8,12,14,37,40,44,46,55H,3-5,7,9-11,13,15-36,38-39,41-43,45,47-54,58H2,1-2H3,(H,61,62)/b8-6-,14-12-,40-37-,46-44-. The van der Waals surface area contributed by atoms with Gasteiger partial charge in [0.2, 0.25) is 0 Å². The van der Waals surface area contributed by atoms with Gasteiger partial charge in [-0.05, 0) is 38.5 Å². The molecule has 2 unspecified atom stereocenters. The van der Waals surface area contributed by atoms with Gasteiger partial charge in [-0.1, -0.05) is 268 Å². The van der Waals surface area contributed by atoms with Gasteiger partial charge in [0.15, 0.2) is 6.10 Å². The first-order chi connectivity index (χ1) is 32.8. The number of carbonyl (C=O) groups is 2. The predicted octanol–water partition coefficient (Wildman–Crippen LogP) is 17.4. The molecule has 67 heavy (non-hydrogen) atoms. The molecule has 0 rings (SSSR count). The maximum absolute atomic E-state index is 12.6. The van der Waals surface area contributed by atoms with Crippen LogP contribution in [0.25, 0.3) is 0 Å². The summed E-state index contributed by atoms with van der Waals surface area (Å²) in [5.41, 5.74) is 5.36. The Balaban J connectivity index is 3.82. The van der Waals surface area contributed by atoms with Crippen LogP contribution in [0.15, 0.2) is 48.6 Å². The lowest BCUT2D eigenvalue weighted by molar-refractivity contribution is -0.161. The third kappa shape index (κ3) is 53.2. The maximum atomic E-state index is 12.6. The van der Waals surface area contributed by atoms with E-state index in [1.54, 1.807) is 0 Å². The minimum Gasteiger partial charge on any atom is -0.462 e. The van der Waals surface area contributed by atoms with Crippen molar-refractivity contribution in [3.8, 4) is 0 Å². The van der Waals surface area contributed by atoms with Gasteiger partial charge in [0.05, 0.1) is 13.2 Å². The summed E-state index contributed by atoms with van der Waals surface area (Å²) in [5.74, 6) is -0.914. The minimum absolute atomic E-state index is 0.0426. The van der Waals surface area contributed by atoms with Crippen molar-refractivity contribution in [2.75, 3.05) is 26.4 Å². The average Bonchev–Trinajstić information content (AvgIpc) is 3.32. The van der Waals surface area contributed by atoms with Crippen LogP contribution in [0.3, 0.4) is 0 Å². The Morgan fingerprint density at radius 2 is 0.821 bits per heavy atom. The number of nitrogens with two attached hydrogens (primary N) is 1. The van der Waals surface area contributed by atoms with E-state index < -0.39 is 32.5 Å². The third-order valence-electron chi connectivity index (χ3n) is 12.2. The number of allylic oxidation sites excluding steroid dienone is 8. The Kier molecular flexibility index (Phi) is 51.7. The van der Waals surface area contributed by atoms with E-state index in [4.69, 9.17) is 24.3 Å². The molecule has 0 spiro atoms. The van der Waals surface area contributed by atoms with Crippen molar-refractivity contribution < 1.29 is 37.6 Å². The first-order valence-electron chi connectivity index (χ1n) is 28.1. The summed E-state index contributed by atoms with van der Waals surface area (Å²) in [4.78, 5) is 35.0. The second-order valence-corrected chi connectivity index (χ2v) is 20.2. The Morgan fingerprint density at radius 1 is 0.463 bits per heavy atom. The van der Waals surface area contributed by atoms with E-state index in [-0.39, 0.29) is 32.6 Å². The lowest BCUT2D eigenvalue weighted by Crippen LogP contribution is -2.29. The molecule has 392 valence electrons. The molecule has 0 fully saturated rings. The molecule has 0 aromatic carbocycles. The van der Waals surface area contributed by atoms with Gasteiger partial charge in [-0.2, -0.15) is 0 Å². The highest BCUT2D eigenvalue weighted by molar-refractivity contribution is 7.47. The molecular weight excluding hydrogens is 858 g/mol. The van der Waals surface area contributed by atoms with Crippen molar-refractivity contribution in [1.29, 1.82) is 0 Å².